The molecule has 0 saturated heterocycles. The lowest BCUT2D eigenvalue weighted by Gasteiger charge is -2.06. The number of aryl methyl sites for hydroxylation is 2. The van der Waals surface area contributed by atoms with Crippen LogP contribution in [0.25, 0.3) is 0 Å². The van der Waals surface area contributed by atoms with Crippen LogP contribution in [-0.4, -0.2) is 12.1 Å². The monoisotopic (exact) mass is 260 g/mol. The summed E-state index contributed by atoms with van der Waals surface area (Å²) in [7, 11) is 1.68. The van der Waals surface area contributed by atoms with Crippen LogP contribution in [0.4, 0.5) is 10.8 Å². The van der Waals surface area contributed by atoms with E-state index in [1.165, 1.54) is 29.8 Å². The van der Waals surface area contributed by atoms with Gasteiger partial charge in [0.05, 0.1) is 12.8 Å². The number of anilines is 2. The molecule has 0 radical (unpaired) electrons. The second-order valence-corrected chi connectivity index (χ2v) is 5.53. The Morgan fingerprint density at radius 3 is 2.67 bits per heavy atom. The topological polar surface area (TPSA) is 34.1 Å². The normalized spacial score (nSPS) is 14.1. The number of fused-ring (bicyclic) bond motifs is 1. The summed E-state index contributed by atoms with van der Waals surface area (Å²) in [4.78, 5) is 6.12. The van der Waals surface area contributed by atoms with Crippen LogP contribution in [0, 0.1) is 0 Å². The van der Waals surface area contributed by atoms with Crippen molar-refractivity contribution in [2.45, 2.75) is 25.7 Å². The fourth-order valence-corrected chi connectivity index (χ4v) is 3.27. The molecule has 0 atom stereocenters. The second kappa shape index (κ2) is 4.98. The molecular formula is C14H16N2OS. The maximum Gasteiger partial charge on any atom is 0.187 e. The molecule has 1 aliphatic rings. The summed E-state index contributed by atoms with van der Waals surface area (Å²) in [5.74, 6) is 0.874. The van der Waals surface area contributed by atoms with E-state index in [0.717, 1.165) is 23.0 Å². The number of ether oxygens (including phenoxy) is 1. The summed E-state index contributed by atoms with van der Waals surface area (Å²) in [6.45, 7) is 0. The molecule has 1 aliphatic carbocycles. The van der Waals surface area contributed by atoms with E-state index >= 15 is 0 Å². The zero-order chi connectivity index (χ0) is 12.4. The Labute approximate surface area is 111 Å². The van der Waals surface area contributed by atoms with E-state index in [0.29, 0.717) is 0 Å². The minimum absolute atomic E-state index is 0.874. The van der Waals surface area contributed by atoms with Crippen molar-refractivity contribution in [3.05, 3.63) is 34.8 Å². The lowest BCUT2D eigenvalue weighted by Crippen LogP contribution is -1.99. The minimum atomic E-state index is 0.874. The predicted octanol–water partition coefficient (Wildman–Crippen LogP) is 3.77. The fourth-order valence-electron chi connectivity index (χ4n) is 2.20. The Hall–Kier alpha value is -1.55. The van der Waals surface area contributed by atoms with E-state index < -0.39 is 0 Å². The van der Waals surface area contributed by atoms with Gasteiger partial charge in [0.15, 0.2) is 5.13 Å². The number of nitrogens with one attached hydrogen (secondary N) is 1. The molecule has 94 valence electrons. The Bertz CT molecular complexity index is 510. The van der Waals surface area contributed by atoms with Crippen molar-refractivity contribution in [1.82, 2.24) is 4.98 Å². The summed E-state index contributed by atoms with van der Waals surface area (Å²) >= 11 is 1.79. The van der Waals surface area contributed by atoms with Crippen LogP contribution < -0.4 is 10.1 Å². The molecule has 0 bridgehead atoms. The van der Waals surface area contributed by atoms with Crippen LogP contribution in [0.3, 0.4) is 0 Å². The summed E-state index contributed by atoms with van der Waals surface area (Å²) in [5, 5.41) is 4.37. The van der Waals surface area contributed by atoms with E-state index in [2.05, 4.69) is 10.3 Å². The van der Waals surface area contributed by atoms with Gasteiger partial charge < -0.3 is 10.1 Å². The molecule has 0 amide bonds. The van der Waals surface area contributed by atoms with Gasteiger partial charge in [0.1, 0.15) is 5.75 Å². The molecule has 0 fully saturated rings. The van der Waals surface area contributed by atoms with Crippen molar-refractivity contribution >= 4 is 22.2 Å². The van der Waals surface area contributed by atoms with Gasteiger partial charge >= 0.3 is 0 Å². The standard InChI is InChI=1S/C14H16N2OS/c1-17-11-8-6-10(7-9-11)15-14-16-12-4-2-3-5-13(12)18-14/h6-9H,2-5H2,1H3,(H,15,16). The number of benzene rings is 1. The summed E-state index contributed by atoms with van der Waals surface area (Å²) in [6.07, 6.45) is 4.91. The van der Waals surface area contributed by atoms with E-state index in [-0.39, 0.29) is 0 Å². The van der Waals surface area contributed by atoms with Crippen molar-refractivity contribution in [2.75, 3.05) is 12.4 Å². The maximum atomic E-state index is 5.14. The lowest BCUT2D eigenvalue weighted by molar-refractivity contribution is 0.415. The third-order valence-corrected chi connectivity index (χ3v) is 4.26. The Morgan fingerprint density at radius 2 is 1.94 bits per heavy atom. The molecule has 1 N–H and O–H groups in total. The molecule has 2 aromatic rings. The highest BCUT2D eigenvalue weighted by atomic mass is 32.1. The van der Waals surface area contributed by atoms with Crippen LogP contribution >= 0.6 is 11.3 Å². The molecule has 0 aliphatic heterocycles. The number of rotatable bonds is 3. The first-order chi connectivity index (χ1) is 8.85. The Morgan fingerprint density at radius 1 is 1.17 bits per heavy atom. The first-order valence-corrected chi connectivity index (χ1v) is 7.06. The van der Waals surface area contributed by atoms with Gasteiger partial charge in [0, 0.05) is 10.6 Å². The van der Waals surface area contributed by atoms with Gasteiger partial charge in [0.2, 0.25) is 0 Å². The quantitative estimate of drug-likeness (QED) is 0.912. The van der Waals surface area contributed by atoms with Crippen molar-refractivity contribution in [3.63, 3.8) is 0 Å². The molecule has 0 spiro atoms. The third kappa shape index (κ3) is 2.34. The van der Waals surface area contributed by atoms with Crippen LogP contribution in [0.1, 0.15) is 23.4 Å². The lowest BCUT2D eigenvalue weighted by atomic mass is 10.0. The molecule has 0 unspecified atom stereocenters. The van der Waals surface area contributed by atoms with Crippen molar-refractivity contribution in [1.29, 1.82) is 0 Å². The zero-order valence-electron chi connectivity index (χ0n) is 10.4. The number of thiazole rings is 1. The number of hydrogen-bond acceptors (Lipinski definition) is 4. The van der Waals surface area contributed by atoms with Crippen molar-refractivity contribution < 1.29 is 4.74 Å². The highest BCUT2D eigenvalue weighted by Gasteiger charge is 2.14. The van der Waals surface area contributed by atoms with Crippen LogP contribution in [0.5, 0.6) is 5.75 Å². The van der Waals surface area contributed by atoms with Crippen LogP contribution in [-0.2, 0) is 12.8 Å². The van der Waals surface area contributed by atoms with E-state index in [9.17, 15) is 0 Å². The fraction of sp³-hybridized carbons (Fsp3) is 0.357. The SMILES string of the molecule is COc1ccc(Nc2nc3c(s2)CCCC3)cc1. The first kappa shape index (κ1) is 11.5. The van der Waals surface area contributed by atoms with Gasteiger partial charge in [0.25, 0.3) is 0 Å². The molecule has 1 aromatic heterocycles. The largest absolute Gasteiger partial charge is 0.497 e. The number of hydrogen-bond donors (Lipinski definition) is 1. The highest BCUT2D eigenvalue weighted by molar-refractivity contribution is 7.15. The zero-order valence-corrected chi connectivity index (χ0v) is 11.2. The molecule has 18 heavy (non-hydrogen) atoms. The third-order valence-electron chi connectivity index (χ3n) is 3.19. The van der Waals surface area contributed by atoms with Gasteiger partial charge in [-0.3, -0.25) is 0 Å². The predicted molar refractivity (Wildman–Crippen MR) is 75.0 cm³/mol. The summed E-state index contributed by atoms with van der Waals surface area (Å²) in [5.41, 5.74) is 2.35. The van der Waals surface area contributed by atoms with Crippen molar-refractivity contribution in [2.24, 2.45) is 0 Å². The highest BCUT2D eigenvalue weighted by Crippen LogP contribution is 2.31. The maximum absolute atomic E-state index is 5.14. The summed E-state index contributed by atoms with van der Waals surface area (Å²) < 4.78 is 5.14. The Kier molecular flexibility index (Phi) is 3.19. The molecule has 1 heterocycles. The van der Waals surface area contributed by atoms with Gasteiger partial charge in [-0.25, -0.2) is 4.98 Å². The second-order valence-electron chi connectivity index (χ2n) is 4.45. The van der Waals surface area contributed by atoms with Crippen LogP contribution in [0.15, 0.2) is 24.3 Å². The first-order valence-electron chi connectivity index (χ1n) is 6.25. The number of methoxy groups -OCH3 is 1. The molecule has 3 nitrogen and oxygen atoms in total. The Balaban J connectivity index is 1.76. The van der Waals surface area contributed by atoms with Gasteiger partial charge in [-0.15, -0.1) is 11.3 Å². The van der Waals surface area contributed by atoms with E-state index in [4.69, 9.17) is 4.74 Å². The van der Waals surface area contributed by atoms with Gasteiger partial charge in [-0.05, 0) is 49.9 Å². The molecule has 4 heteroatoms. The van der Waals surface area contributed by atoms with Crippen LogP contribution in [0.2, 0.25) is 0 Å². The average Bonchev–Trinajstić information content (AvgIpc) is 2.82. The van der Waals surface area contributed by atoms with Gasteiger partial charge in [-0.2, -0.15) is 0 Å². The minimum Gasteiger partial charge on any atom is -0.497 e. The smallest absolute Gasteiger partial charge is 0.187 e. The number of nitrogens with zero attached hydrogens (tertiary/aromatic N) is 1. The molecular weight excluding hydrogens is 244 g/mol. The average molecular weight is 260 g/mol. The van der Waals surface area contributed by atoms with Gasteiger partial charge in [-0.1, -0.05) is 0 Å². The molecule has 1 aromatic carbocycles. The van der Waals surface area contributed by atoms with Crippen molar-refractivity contribution in [3.8, 4) is 5.75 Å². The summed E-state index contributed by atoms with van der Waals surface area (Å²) in [6, 6.07) is 7.93. The molecule has 3 rings (SSSR count). The molecule has 0 saturated carbocycles. The van der Waals surface area contributed by atoms with E-state index in [1.54, 1.807) is 18.4 Å². The number of aromatic nitrogens is 1. The van der Waals surface area contributed by atoms with E-state index in [1.807, 2.05) is 24.3 Å².